The Morgan fingerprint density at radius 3 is 1.39 bits per heavy atom. The van der Waals surface area contributed by atoms with E-state index >= 15 is 0 Å². The monoisotopic (exact) mass is 462 g/mol. The largest absolute Gasteiger partial charge is 0.297 e. The molecule has 0 saturated heterocycles. The molecule has 0 aliphatic rings. The Morgan fingerprint density at radius 2 is 1.04 bits per heavy atom. The third-order valence-electron chi connectivity index (χ3n) is 3.62. The van der Waals surface area contributed by atoms with E-state index in [0.29, 0.717) is 22.6 Å². The lowest BCUT2D eigenvalue weighted by atomic mass is 10.2. The summed E-state index contributed by atoms with van der Waals surface area (Å²) in [6.45, 7) is 3.51. The van der Waals surface area contributed by atoms with Gasteiger partial charge in [0.15, 0.2) is 0 Å². The van der Waals surface area contributed by atoms with E-state index in [9.17, 15) is 16.8 Å². The predicted molar refractivity (Wildman–Crippen MR) is 114 cm³/mol. The molecule has 0 aliphatic carbocycles. The Bertz CT molecular complexity index is 905. The van der Waals surface area contributed by atoms with Crippen molar-refractivity contribution in [1.82, 2.24) is 0 Å². The van der Waals surface area contributed by atoms with E-state index < -0.39 is 20.2 Å². The molecule has 0 saturated carbocycles. The van der Waals surface area contributed by atoms with Crippen LogP contribution in [0.4, 0.5) is 0 Å². The lowest BCUT2D eigenvalue weighted by Crippen LogP contribution is -2.11. The third-order valence-corrected chi connectivity index (χ3v) is 8.90. The SMILES string of the molecule is Cc1ccccc1S(=O)(=O)OCCSSCCOS(=O)(=O)c1ccccc1C. The van der Waals surface area contributed by atoms with Gasteiger partial charge < -0.3 is 0 Å². The molecule has 0 atom stereocenters. The average Bonchev–Trinajstić information content (AvgIpc) is 2.64. The minimum absolute atomic E-state index is 0.0384. The van der Waals surface area contributed by atoms with Crippen LogP contribution in [-0.4, -0.2) is 41.6 Å². The van der Waals surface area contributed by atoms with E-state index in [0.717, 1.165) is 0 Å². The summed E-state index contributed by atoms with van der Waals surface area (Å²) in [6.07, 6.45) is 0. The molecular weight excluding hydrogens is 440 g/mol. The van der Waals surface area contributed by atoms with E-state index in [-0.39, 0.29) is 23.0 Å². The van der Waals surface area contributed by atoms with Gasteiger partial charge in [-0.3, -0.25) is 8.37 Å². The maximum atomic E-state index is 12.1. The first-order valence-corrected chi connectivity index (χ1v) is 13.7. The molecule has 0 radical (unpaired) electrons. The highest BCUT2D eigenvalue weighted by molar-refractivity contribution is 8.76. The van der Waals surface area contributed by atoms with Gasteiger partial charge in [-0.2, -0.15) is 16.8 Å². The molecule has 2 aromatic carbocycles. The van der Waals surface area contributed by atoms with Gasteiger partial charge in [-0.15, -0.1) is 0 Å². The van der Waals surface area contributed by atoms with Gasteiger partial charge in [-0.1, -0.05) is 58.0 Å². The summed E-state index contributed by atoms with van der Waals surface area (Å²) in [4.78, 5) is 0.338. The summed E-state index contributed by atoms with van der Waals surface area (Å²) in [5, 5.41) is 0. The van der Waals surface area contributed by atoms with Gasteiger partial charge in [0.25, 0.3) is 20.2 Å². The second-order valence-corrected chi connectivity index (χ2v) is 11.6. The van der Waals surface area contributed by atoms with E-state index in [2.05, 4.69) is 0 Å². The minimum atomic E-state index is -3.77. The second kappa shape index (κ2) is 10.7. The van der Waals surface area contributed by atoms with Crippen LogP contribution in [0.2, 0.25) is 0 Å². The molecule has 0 spiro atoms. The summed E-state index contributed by atoms with van der Waals surface area (Å²) in [5.41, 5.74) is 1.27. The minimum Gasteiger partial charge on any atom is -0.265 e. The summed E-state index contributed by atoms with van der Waals surface area (Å²) in [7, 11) is -4.75. The van der Waals surface area contributed by atoms with Crippen molar-refractivity contribution in [3.05, 3.63) is 59.7 Å². The molecule has 6 nitrogen and oxygen atoms in total. The van der Waals surface area contributed by atoms with Gasteiger partial charge in [0.05, 0.1) is 23.0 Å². The Balaban J connectivity index is 1.66. The Kier molecular flexibility index (Phi) is 8.84. The smallest absolute Gasteiger partial charge is 0.265 e. The maximum Gasteiger partial charge on any atom is 0.297 e. The molecule has 0 fully saturated rings. The number of benzene rings is 2. The summed E-state index contributed by atoms with van der Waals surface area (Å²) < 4.78 is 58.6. The predicted octanol–water partition coefficient (Wildman–Crippen LogP) is 3.80. The number of hydrogen-bond donors (Lipinski definition) is 0. The Morgan fingerprint density at radius 1 is 0.679 bits per heavy atom. The molecular formula is C18H22O6S4. The normalized spacial score (nSPS) is 12.2. The molecule has 0 N–H and O–H groups in total. The highest BCUT2D eigenvalue weighted by atomic mass is 33.1. The van der Waals surface area contributed by atoms with E-state index in [1.165, 1.54) is 33.7 Å². The van der Waals surface area contributed by atoms with Crippen molar-refractivity contribution in [2.75, 3.05) is 24.7 Å². The zero-order valence-electron chi connectivity index (χ0n) is 15.5. The highest BCUT2D eigenvalue weighted by Crippen LogP contribution is 2.23. The van der Waals surface area contributed by atoms with Crippen molar-refractivity contribution in [2.24, 2.45) is 0 Å². The van der Waals surface area contributed by atoms with Crippen molar-refractivity contribution >= 4 is 41.8 Å². The van der Waals surface area contributed by atoms with Crippen molar-refractivity contribution < 1.29 is 25.2 Å². The fourth-order valence-corrected chi connectivity index (χ4v) is 6.41. The van der Waals surface area contributed by atoms with Crippen LogP contribution in [0.1, 0.15) is 11.1 Å². The van der Waals surface area contributed by atoms with Gasteiger partial charge in [-0.05, 0) is 37.1 Å². The molecule has 0 amide bonds. The van der Waals surface area contributed by atoms with Crippen LogP contribution in [0.25, 0.3) is 0 Å². The summed E-state index contributed by atoms with van der Waals surface area (Å²) >= 11 is 0. The molecule has 0 unspecified atom stereocenters. The summed E-state index contributed by atoms with van der Waals surface area (Å²) in [5.74, 6) is 0.890. The Labute approximate surface area is 174 Å². The number of hydrogen-bond acceptors (Lipinski definition) is 8. The quantitative estimate of drug-likeness (QED) is 0.283. The van der Waals surface area contributed by atoms with Crippen LogP contribution in [-0.2, 0) is 28.6 Å². The van der Waals surface area contributed by atoms with Crippen LogP contribution in [0.15, 0.2) is 58.3 Å². The van der Waals surface area contributed by atoms with E-state index in [1.807, 2.05) is 0 Å². The fourth-order valence-electron chi connectivity index (χ4n) is 2.27. The van der Waals surface area contributed by atoms with Crippen LogP contribution in [0.5, 0.6) is 0 Å². The molecule has 2 rings (SSSR count). The molecule has 0 heterocycles. The van der Waals surface area contributed by atoms with Crippen LogP contribution in [0.3, 0.4) is 0 Å². The van der Waals surface area contributed by atoms with Gasteiger partial charge in [0.1, 0.15) is 0 Å². The van der Waals surface area contributed by atoms with Crippen molar-refractivity contribution in [2.45, 2.75) is 23.6 Å². The first-order valence-electron chi connectivity index (χ1n) is 8.38. The van der Waals surface area contributed by atoms with Crippen LogP contribution in [0, 0.1) is 13.8 Å². The number of aryl methyl sites for hydroxylation is 2. The molecule has 154 valence electrons. The van der Waals surface area contributed by atoms with Gasteiger partial charge >= 0.3 is 0 Å². The molecule has 10 heteroatoms. The molecule has 0 aromatic heterocycles. The topological polar surface area (TPSA) is 86.7 Å². The van der Waals surface area contributed by atoms with E-state index in [4.69, 9.17) is 8.37 Å². The van der Waals surface area contributed by atoms with Crippen molar-refractivity contribution in [1.29, 1.82) is 0 Å². The van der Waals surface area contributed by atoms with Crippen LogP contribution >= 0.6 is 21.6 Å². The van der Waals surface area contributed by atoms with Gasteiger partial charge in [0, 0.05) is 11.5 Å². The van der Waals surface area contributed by atoms with Gasteiger partial charge in [0.2, 0.25) is 0 Å². The maximum absolute atomic E-state index is 12.1. The highest BCUT2D eigenvalue weighted by Gasteiger charge is 2.18. The summed E-state index contributed by atoms with van der Waals surface area (Å²) in [6, 6.07) is 13.3. The Hall–Kier alpha value is -1.04. The zero-order valence-corrected chi connectivity index (χ0v) is 18.8. The molecule has 0 aliphatic heterocycles. The fraction of sp³-hybridized carbons (Fsp3) is 0.333. The number of rotatable bonds is 11. The van der Waals surface area contributed by atoms with Crippen molar-refractivity contribution in [3.8, 4) is 0 Å². The lowest BCUT2D eigenvalue weighted by molar-refractivity contribution is 0.339. The first kappa shape index (κ1) is 23.2. The molecule has 2 aromatic rings. The lowest BCUT2D eigenvalue weighted by Gasteiger charge is -2.08. The third kappa shape index (κ3) is 6.78. The van der Waals surface area contributed by atoms with Gasteiger partial charge in [-0.25, -0.2) is 0 Å². The standard InChI is InChI=1S/C18H22O6S4/c1-15-7-3-5-9-17(15)27(19,20)23-11-13-25-26-14-12-24-28(21,22)18-10-6-4-8-16(18)2/h3-10H,11-14H2,1-2H3. The van der Waals surface area contributed by atoms with Crippen LogP contribution < -0.4 is 0 Å². The zero-order chi connectivity index (χ0) is 20.6. The first-order chi connectivity index (χ1) is 13.2. The molecule has 0 bridgehead atoms. The average molecular weight is 463 g/mol. The van der Waals surface area contributed by atoms with E-state index in [1.54, 1.807) is 50.2 Å². The van der Waals surface area contributed by atoms with Crippen molar-refractivity contribution in [3.63, 3.8) is 0 Å². The second-order valence-electron chi connectivity index (χ2n) is 5.73. The molecule has 28 heavy (non-hydrogen) atoms.